The summed E-state index contributed by atoms with van der Waals surface area (Å²) in [5.74, 6) is -1.59. The zero-order valence-corrected chi connectivity index (χ0v) is 8.87. The van der Waals surface area contributed by atoms with Crippen LogP contribution in [0.1, 0.15) is 38.5 Å². The van der Waals surface area contributed by atoms with Gasteiger partial charge in [-0.2, -0.15) is 12.6 Å². The van der Waals surface area contributed by atoms with Crippen molar-refractivity contribution in [3.05, 3.63) is 0 Å². The molecule has 14 heavy (non-hydrogen) atoms. The van der Waals surface area contributed by atoms with E-state index in [0.29, 0.717) is 12.8 Å². The van der Waals surface area contributed by atoms with Crippen LogP contribution < -0.4 is 0 Å². The minimum atomic E-state index is -0.795. The summed E-state index contributed by atoms with van der Waals surface area (Å²) in [6.45, 7) is 0. The van der Waals surface area contributed by atoms with Crippen LogP contribution >= 0.6 is 12.6 Å². The van der Waals surface area contributed by atoms with Gasteiger partial charge in [-0.15, -0.1) is 0 Å². The first-order chi connectivity index (χ1) is 6.52. The molecule has 0 aliphatic heterocycles. The van der Waals surface area contributed by atoms with E-state index in [1.54, 1.807) is 0 Å². The molecule has 0 aromatic heterocycles. The fourth-order valence-corrected chi connectivity index (χ4v) is 1.49. The van der Waals surface area contributed by atoms with Gasteiger partial charge in [0.2, 0.25) is 0 Å². The van der Waals surface area contributed by atoms with Gasteiger partial charge < -0.3 is 10.2 Å². The molecule has 2 N–H and O–H groups in total. The minimum Gasteiger partial charge on any atom is -0.481 e. The van der Waals surface area contributed by atoms with Crippen molar-refractivity contribution in [1.29, 1.82) is 0 Å². The van der Waals surface area contributed by atoms with Crippen LogP contribution in [0.2, 0.25) is 0 Å². The van der Waals surface area contributed by atoms with Crippen LogP contribution in [0.3, 0.4) is 0 Å². The minimum absolute atomic E-state index is 0.119. The number of carbonyl (C=O) groups is 2. The Hall–Kier alpha value is -0.710. The molecule has 82 valence electrons. The molecule has 0 rings (SSSR count). The van der Waals surface area contributed by atoms with Crippen LogP contribution in [0.15, 0.2) is 0 Å². The summed E-state index contributed by atoms with van der Waals surface area (Å²) in [4.78, 5) is 20.4. The lowest BCUT2D eigenvalue weighted by Gasteiger charge is -2.07. The SMILES string of the molecule is O=C(O)CCCC(S)CCCC(=O)O. The Balaban J connectivity index is 3.32. The molecule has 0 fully saturated rings. The molecule has 0 spiro atoms. The molecular weight excluding hydrogens is 204 g/mol. The van der Waals surface area contributed by atoms with Crippen molar-refractivity contribution in [2.24, 2.45) is 0 Å². The van der Waals surface area contributed by atoms with Crippen LogP contribution in [0.5, 0.6) is 0 Å². The van der Waals surface area contributed by atoms with E-state index in [1.807, 2.05) is 0 Å². The third-order valence-corrected chi connectivity index (χ3v) is 2.37. The highest BCUT2D eigenvalue weighted by Gasteiger charge is 2.06. The Morgan fingerprint density at radius 3 is 1.64 bits per heavy atom. The highest BCUT2D eigenvalue weighted by Crippen LogP contribution is 2.14. The number of carboxylic acid groups (broad SMARTS) is 2. The predicted molar refractivity (Wildman–Crippen MR) is 55.7 cm³/mol. The average molecular weight is 220 g/mol. The summed E-state index contributed by atoms with van der Waals surface area (Å²) < 4.78 is 0. The quantitative estimate of drug-likeness (QED) is 0.545. The van der Waals surface area contributed by atoms with Crippen molar-refractivity contribution >= 4 is 24.6 Å². The maximum atomic E-state index is 10.2. The fourth-order valence-electron chi connectivity index (χ4n) is 1.12. The van der Waals surface area contributed by atoms with Gasteiger partial charge in [0.05, 0.1) is 0 Å². The zero-order chi connectivity index (χ0) is 11.0. The lowest BCUT2D eigenvalue weighted by molar-refractivity contribution is -0.138. The maximum Gasteiger partial charge on any atom is 0.303 e. The van der Waals surface area contributed by atoms with Gasteiger partial charge in [0.15, 0.2) is 0 Å². The Bertz CT molecular complexity index is 173. The molecule has 0 radical (unpaired) electrons. The van der Waals surface area contributed by atoms with Crippen molar-refractivity contribution in [3.8, 4) is 0 Å². The number of rotatable bonds is 8. The van der Waals surface area contributed by atoms with Crippen LogP contribution in [0, 0.1) is 0 Å². The van der Waals surface area contributed by atoms with Gasteiger partial charge >= 0.3 is 11.9 Å². The lowest BCUT2D eigenvalue weighted by atomic mass is 10.1. The molecule has 5 heteroatoms. The van der Waals surface area contributed by atoms with Crippen LogP contribution in [0.4, 0.5) is 0 Å². The topological polar surface area (TPSA) is 74.6 Å². The summed E-state index contributed by atoms with van der Waals surface area (Å²) in [6, 6.07) is 0. The number of hydrogen-bond donors (Lipinski definition) is 3. The van der Waals surface area contributed by atoms with E-state index in [9.17, 15) is 9.59 Å². The van der Waals surface area contributed by atoms with Crippen molar-refractivity contribution in [1.82, 2.24) is 0 Å². The second-order valence-corrected chi connectivity index (χ2v) is 3.96. The van der Waals surface area contributed by atoms with Crippen molar-refractivity contribution in [3.63, 3.8) is 0 Å². The Morgan fingerprint density at radius 2 is 1.36 bits per heavy atom. The molecule has 0 aromatic rings. The first kappa shape index (κ1) is 13.3. The molecule has 0 unspecified atom stereocenters. The fraction of sp³-hybridized carbons (Fsp3) is 0.778. The summed E-state index contributed by atoms with van der Waals surface area (Å²) >= 11 is 4.25. The van der Waals surface area contributed by atoms with E-state index in [4.69, 9.17) is 10.2 Å². The number of carboxylic acids is 2. The van der Waals surface area contributed by atoms with Gasteiger partial charge in [-0.25, -0.2) is 0 Å². The summed E-state index contributed by atoms with van der Waals surface area (Å²) in [5, 5.41) is 16.9. The monoisotopic (exact) mass is 220 g/mol. The summed E-state index contributed by atoms with van der Waals surface area (Å²) in [5.41, 5.74) is 0. The van der Waals surface area contributed by atoms with E-state index >= 15 is 0 Å². The van der Waals surface area contributed by atoms with E-state index in [-0.39, 0.29) is 18.1 Å². The first-order valence-corrected chi connectivity index (χ1v) is 5.15. The number of hydrogen-bond acceptors (Lipinski definition) is 3. The van der Waals surface area contributed by atoms with E-state index in [0.717, 1.165) is 12.8 Å². The predicted octanol–water partition coefficient (Wildman–Crippen LogP) is 1.79. The Labute approximate surface area is 88.7 Å². The van der Waals surface area contributed by atoms with E-state index < -0.39 is 11.9 Å². The van der Waals surface area contributed by atoms with Gasteiger partial charge in [0.1, 0.15) is 0 Å². The molecule has 0 aliphatic rings. The van der Waals surface area contributed by atoms with Gasteiger partial charge in [0, 0.05) is 18.1 Å². The normalized spacial score (nSPS) is 10.4. The maximum absolute atomic E-state index is 10.2. The lowest BCUT2D eigenvalue weighted by Crippen LogP contribution is -2.03. The highest BCUT2D eigenvalue weighted by atomic mass is 32.1. The van der Waals surface area contributed by atoms with Crippen molar-refractivity contribution in [2.75, 3.05) is 0 Å². The van der Waals surface area contributed by atoms with Crippen LogP contribution in [-0.4, -0.2) is 27.4 Å². The number of thiol groups is 1. The molecular formula is C9H16O4S. The molecule has 0 bridgehead atoms. The molecule has 0 saturated heterocycles. The van der Waals surface area contributed by atoms with Crippen molar-refractivity contribution in [2.45, 2.75) is 43.8 Å². The van der Waals surface area contributed by atoms with Crippen LogP contribution in [-0.2, 0) is 9.59 Å². The molecule has 4 nitrogen and oxygen atoms in total. The summed E-state index contributed by atoms with van der Waals surface area (Å²) in [6.07, 6.45) is 3.00. The smallest absolute Gasteiger partial charge is 0.303 e. The molecule has 0 saturated carbocycles. The summed E-state index contributed by atoms with van der Waals surface area (Å²) in [7, 11) is 0. The standard InChI is InChI=1S/C9H16O4S/c10-8(11)5-1-3-7(14)4-2-6-9(12)13/h7,14H,1-6H2,(H,10,11)(H,12,13). The highest BCUT2D eigenvalue weighted by molar-refractivity contribution is 7.80. The second-order valence-electron chi connectivity index (χ2n) is 3.23. The third-order valence-electron chi connectivity index (χ3n) is 1.86. The van der Waals surface area contributed by atoms with Gasteiger partial charge in [0.25, 0.3) is 0 Å². The second kappa shape index (κ2) is 7.67. The largest absolute Gasteiger partial charge is 0.481 e. The first-order valence-electron chi connectivity index (χ1n) is 4.64. The molecule has 0 amide bonds. The third kappa shape index (κ3) is 9.38. The Kier molecular flexibility index (Phi) is 7.28. The average Bonchev–Trinajstić information content (AvgIpc) is 2.02. The molecule has 0 aromatic carbocycles. The van der Waals surface area contributed by atoms with Gasteiger partial charge in [-0.3, -0.25) is 9.59 Å². The van der Waals surface area contributed by atoms with Gasteiger partial charge in [-0.1, -0.05) is 0 Å². The van der Waals surface area contributed by atoms with Crippen LogP contribution in [0.25, 0.3) is 0 Å². The van der Waals surface area contributed by atoms with E-state index in [1.165, 1.54) is 0 Å². The molecule has 0 heterocycles. The Morgan fingerprint density at radius 1 is 1.00 bits per heavy atom. The van der Waals surface area contributed by atoms with E-state index in [2.05, 4.69) is 12.6 Å². The van der Waals surface area contributed by atoms with Crippen molar-refractivity contribution < 1.29 is 19.8 Å². The molecule has 0 atom stereocenters. The van der Waals surface area contributed by atoms with Gasteiger partial charge in [-0.05, 0) is 25.7 Å². The zero-order valence-electron chi connectivity index (χ0n) is 7.98. The number of aliphatic carboxylic acids is 2. The molecule has 0 aliphatic carbocycles.